The van der Waals surface area contributed by atoms with E-state index >= 15 is 0 Å². The van der Waals surface area contributed by atoms with Crippen LogP contribution in [0.4, 0.5) is 0 Å². The summed E-state index contributed by atoms with van der Waals surface area (Å²) in [6.07, 6.45) is 0. The molecule has 19 heavy (non-hydrogen) atoms. The van der Waals surface area contributed by atoms with E-state index in [0.29, 0.717) is 10.6 Å². The Morgan fingerprint density at radius 3 is 2.95 bits per heavy atom. The fourth-order valence-electron chi connectivity index (χ4n) is 1.83. The van der Waals surface area contributed by atoms with Crippen molar-refractivity contribution in [3.05, 3.63) is 45.6 Å². The fraction of sp³-hybridized carbons (Fsp3) is 0.214. The maximum absolute atomic E-state index is 11.9. The van der Waals surface area contributed by atoms with Crippen LogP contribution in [0.5, 0.6) is 11.5 Å². The number of hydrogen-bond donors (Lipinski definition) is 0. The topological polar surface area (TPSA) is 44.8 Å². The predicted octanol–water partition coefficient (Wildman–Crippen LogP) is 3.14. The highest BCUT2D eigenvalue weighted by Gasteiger charge is 2.15. The molecule has 98 valence electrons. The molecule has 4 nitrogen and oxygen atoms in total. The molecule has 0 radical (unpaired) electrons. The molecule has 0 atom stereocenters. The van der Waals surface area contributed by atoms with Crippen molar-refractivity contribution in [2.45, 2.75) is 13.5 Å². The van der Waals surface area contributed by atoms with E-state index in [2.05, 4.69) is 0 Å². The van der Waals surface area contributed by atoms with Crippen LogP contribution in [0.15, 0.2) is 29.6 Å². The molecule has 0 spiro atoms. The molecule has 0 saturated carbocycles. The van der Waals surface area contributed by atoms with Crippen molar-refractivity contribution in [1.29, 1.82) is 0 Å². The maximum atomic E-state index is 11.9. The van der Waals surface area contributed by atoms with Crippen molar-refractivity contribution in [1.82, 2.24) is 0 Å². The Bertz CT molecular complexity index is 618. The molecule has 0 N–H and O–H groups in total. The minimum Gasteiger partial charge on any atom is -0.457 e. The molecule has 1 aliphatic heterocycles. The second-order valence-corrected chi connectivity index (χ2v) is 5.11. The number of fused-ring (bicyclic) bond motifs is 1. The van der Waals surface area contributed by atoms with Gasteiger partial charge >= 0.3 is 5.97 Å². The first-order valence-corrected chi connectivity index (χ1v) is 6.72. The number of thiophene rings is 1. The van der Waals surface area contributed by atoms with Gasteiger partial charge in [-0.15, -0.1) is 11.3 Å². The average molecular weight is 276 g/mol. The van der Waals surface area contributed by atoms with Crippen molar-refractivity contribution >= 4 is 17.3 Å². The van der Waals surface area contributed by atoms with E-state index in [4.69, 9.17) is 14.2 Å². The van der Waals surface area contributed by atoms with Crippen LogP contribution in [-0.2, 0) is 11.3 Å². The Kier molecular flexibility index (Phi) is 3.13. The van der Waals surface area contributed by atoms with Gasteiger partial charge in [0.15, 0.2) is 11.5 Å². The number of carbonyl (C=O) groups is 1. The third-order valence-electron chi connectivity index (χ3n) is 2.85. The standard InChI is InChI=1S/C14H12O4S/c1-9-4-5-19-13(9)14(15)16-7-10-2-3-11-12(6-10)18-8-17-11/h2-6H,7-8H2,1H3. The number of rotatable bonds is 3. The summed E-state index contributed by atoms with van der Waals surface area (Å²) >= 11 is 1.39. The van der Waals surface area contributed by atoms with Gasteiger partial charge in [0, 0.05) is 0 Å². The van der Waals surface area contributed by atoms with Gasteiger partial charge in [0.25, 0.3) is 0 Å². The summed E-state index contributed by atoms with van der Waals surface area (Å²) in [5.41, 5.74) is 1.83. The first-order chi connectivity index (χ1) is 9.24. The summed E-state index contributed by atoms with van der Waals surface area (Å²) < 4.78 is 15.8. The molecular weight excluding hydrogens is 264 g/mol. The molecule has 1 aromatic carbocycles. The highest BCUT2D eigenvalue weighted by atomic mass is 32.1. The smallest absolute Gasteiger partial charge is 0.348 e. The maximum Gasteiger partial charge on any atom is 0.348 e. The van der Waals surface area contributed by atoms with Crippen LogP contribution in [0.1, 0.15) is 20.8 Å². The molecule has 5 heteroatoms. The molecule has 0 fully saturated rings. The lowest BCUT2D eigenvalue weighted by Gasteiger charge is -2.05. The lowest BCUT2D eigenvalue weighted by molar-refractivity contribution is 0.0477. The van der Waals surface area contributed by atoms with Gasteiger partial charge in [-0.25, -0.2) is 4.79 Å². The van der Waals surface area contributed by atoms with Crippen LogP contribution in [-0.4, -0.2) is 12.8 Å². The van der Waals surface area contributed by atoms with Crippen molar-refractivity contribution in [3.63, 3.8) is 0 Å². The number of benzene rings is 1. The second kappa shape index (κ2) is 4.93. The number of esters is 1. The van der Waals surface area contributed by atoms with E-state index in [0.717, 1.165) is 16.9 Å². The van der Waals surface area contributed by atoms with Crippen LogP contribution in [0, 0.1) is 6.92 Å². The Balaban J connectivity index is 1.66. The summed E-state index contributed by atoms with van der Waals surface area (Å²) in [7, 11) is 0. The quantitative estimate of drug-likeness (QED) is 0.808. The molecule has 0 saturated heterocycles. The van der Waals surface area contributed by atoms with Gasteiger partial charge < -0.3 is 14.2 Å². The number of aryl methyl sites for hydroxylation is 1. The van der Waals surface area contributed by atoms with Gasteiger partial charge in [0.05, 0.1) is 0 Å². The van der Waals surface area contributed by atoms with Gasteiger partial charge in [0.2, 0.25) is 6.79 Å². The summed E-state index contributed by atoms with van der Waals surface area (Å²) in [6, 6.07) is 7.42. The zero-order chi connectivity index (χ0) is 13.2. The molecule has 2 heterocycles. The normalized spacial score (nSPS) is 12.5. The van der Waals surface area contributed by atoms with Crippen LogP contribution in [0.2, 0.25) is 0 Å². The van der Waals surface area contributed by atoms with Crippen LogP contribution >= 0.6 is 11.3 Å². The SMILES string of the molecule is Cc1ccsc1C(=O)OCc1ccc2c(c1)OCO2. The zero-order valence-corrected chi connectivity index (χ0v) is 11.2. The molecule has 2 aromatic rings. The van der Waals surface area contributed by atoms with E-state index < -0.39 is 0 Å². The van der Waals surface area contributed by atoms with Crippen molar-refractivity contribution < 1.29 is 19.0 Å². The average Bonchev–Trinajstić information content (AvgIpc) is 3.03. The van der Waals surface area contributed by atoms with E-state index in [9.17, 15) is 4.79 Å². The summed E-state index contributed by atoms with van der Waals surface area (Å²) in [5, 5.41) is 1.88. The Morgan fingerprint density at radius 1 is 1.32 bits per heavy atom. The second-order valence-electron chi connectivity index (χ2n) is 4.20. The van der Waals surface area contributed by atoms with Crippen molar-refractivity contribution in [2.24, 2.45) is 0 Å². The zero-order valence-electron chi connectivity index (χ0n) is 10.3. The van der Waals surface area contributed by atoms with Crippen molar-refractivity contribution in [2.75, 3.05) is 6.79 Å². The summed E-state index contributed by atoms with van der Waals surface area (Å²) in [6.45, 7) is 2.37. The Morgan fingerprint density at radius 2 is 2.16 bits per heavy atom. The van der Waals surface area contributed by atoms with Gasteiger partial charge in [0.1, 0.15) is 11.5 Å². The van der Waals surface area contributed by atoms with Gasteiger partial charge in [-0.05, 0) is 41.6 Å². The molecule has 0 aliphatic carbocycles. The third-order valence-corrected chi connectivity index (χ3v) is 3.85. The molecule has 0 unspecified atom stereocenters. The summed E-state index contributed by atoms with van der Waals surface area (Å²) in [5.74, 6) is 1.13. The number of hydrogen-bond acceptors (Lipinski definition) is 5. The van der Waals surface area contributed by atoms with Crippen LogP contribution < -0.4 is 9.47 Å². The Hall–Kier alpha value is -2.01. The van der Waals surface area contributed by atoms with E-state index in [1.165, 1.54) is 11.3 Å². The minimum absolute atomic E-state index is 0.229. The molecule has 0 amide bonds. The third kappa shape index (κ3) is 2.42. The molecule has 3 rings (SSSR count). The van der Waals surface area contributed by atoms with Crippen LogP contribution in [0.25, 0.3) is 0 Å². The lowest BCUT2D eigenvalue weighted by Crippen LogP contribution is -2.04. The van der Waals surface area contributed by atoms with Crippen molar-refractivity contribution in [3.8, 4) is 11.5 Å². The first-order valence-electron chi connectivity index (χ1n) is 5.84. The molecule has 0 bridgehead atoms. The summed E-state index contributed by atoms with van der Waals surface area (Å²) in [4.78, 5) is 12.5. The van der Waals surface area contributed by atoms with E-state index in [1.807, 2.05) is 36.6 Å². The van der Waals surface area contributed by atoms with E-state index in [1.54, 1.807) is 0 Å². The molecule has 1 aromatic heterocycles. The molecular formula is C14H12O4S. The highest BCUT2D eigenvalue weighted by molar-refractivity contribution is 7.12. The van der Waals surface area contributed by atoms with Crippen LogP contribution in [0.3, 0.4) is 0 Å². The van der Waals surface area contributed by atoms with Gasteiger partial charge in [-0.2, -0.15) is 0 Å². The Labute approximate surface area is 114 Å². The predicted molar refractivity (Wildman–Crippen MR) is 70.7 cm³/mol. The van der Waals surface area contributed by atoms with E-state index in [-0.39, 0.29) is 19.4 Å². The minimum atomic E-state index is -0.287. The van der Waals surface area contributed by atoms with Gasteiger partial charge in [-0.1, -0.05) is 6.07 Å². The molecule has 1 aliphatic rings. The largest absolute Gasteiger partial charge is 0.457 e. The monoisotopic (exact) mass is 276 g/mol. The highest BCUT2D eigenvalue weighted by Crippen LogP contribution is 2.32. The first kappa shape index (κ1) is 12.0. The van der Waals surface area contributed by atoms with Gasteiger partial charge in [-0.3, -0.25) is 0 Å². The lowest BCUT2D eigenvalue weighted by atomic mass is 10.2. The number of carbonyl (C=O) groups excluding carboxylic acids is 1. The number of ether oxygens (including phenoxy) is 3. The fourth-order valence-corrected chi connectivity index (χ4v) is 2.64.